The minimum absolute atomic E-state index is 0.0529. The first-order valence-corrected chi connectivity index (χ1v) is 6.68. The first-order valence-electron chi connectivity index (χ1n) is 5.93. The largest absolute Gasteiger partial charge is 0.339 e. The third-order valence-corrected chi connectivity index (χ3v) is 4.03. The fraction of sp³-hybridized carbons (Fsp3) is 0.462. The van der Waals surface area contributed by atoms with E-state index in [4.69, 9.17) is 23.2 Å². The maximum absolute atomic E-state index is 12.1. The normalized spacial score (nSPS) is 17.1. The minimum atomic E-state index is -0.0529. The van der Waals surface area contributed by atoms with Crippen LogP contribution in [0, 0.1) is 5.92 Å². The molecule has 5 heteroatoms. The van der Waals surface area contributed by atoms with E-state index in [1.165, 1.54) is 0 Å². The SMILES string of the molecule is CC(c1ccc(Cl)cc1Cl)N(C)C(=O)C1CNC1. The van der Waals surface area contributed by atoms with Crippen LogP contribution in [-0.4, -0.2) is 30.9 Å². The number of rotatable bonds is 3. The van der Waals surface area contributed by atoms with Gasteiger partial charge in [0.2, 0.25) is 5.91 Å². The average Bonchev–Trinajstić information content (AvgIpc) is 2.24. The van der Waals surface area contributed by atoms with Gasteiger partial charge >= 0.3 is 0 Å². The quantitative estimate of drug-likeness (QED) is 0.927. The van der Waals surface area contributed by atoms with Gasteiger partial charge in [-0.05, 0) is 24.6 Å². The fourth-order valence-electron chi connectivity index (χ4n) is 1.99. The van der Waals surface area contributed by atoms with Gasteiger partial charge in [-0.1, -0.05) is 29.3 Å². The molecule has 0 spiro atoms. The first-order chi connectivity index (χ1) is 8.50. The van der Waals surface area contributed by atoms with E-state index >= 15 is 0 Å². The van der Waals surface area contributed by atoms with Crippen molar-refractivity contribution in [1.82, 2.24) is 10.2 Å². The number of nitrogens with one attached hydrogen (secondary N) is 1. The second-order valence-corrected chi connectivity index (χ2v) is 5.49. The van der Waals surface area contributed by atoms with Gasteiger partial charge in [0.15, 0.2) is 0 Å². The summed E-state index contributed by atoms with van der Waals surface area (Å²) < 4.78 is 0. The molecule has 1 aliphatic heterocycles. The molecule has 1 saturated heterocycles. The Bertz CT molecular complexity index is 460. The lowest BCUT2D eigenvalue weighted by molar-refractivity contribution is -0.137. The highest BCUT2D eigenvalue weighted by Crippen LogP contribution is 2.29. The number of nitrogens with zero attached hydrogens (tertiary/aromatic N) is 1. The van der Waals surface area contributed by atoms with E-state index in [-0.39, 0.29) is 17.9 Å². The molecule has 0 saturated carbocycles. The molecule has 1 atom stereocenters. The third kappa shape index (κ3) is 2.63. The number of amides is 1. The second kappa shape index (κ2) is 5.47. The van der Waals surface area contributed by atoms with E-state index in [0.717, 1.165) is 18.7 Å². The van der Waals surface area contributed by atoms with Crippen LogP contribution < -0.4 is 5.32 Å². The topological polar surface area (TPSA) is 32.3 Å². The van der Waals surface area contributed by atoms with Crippen molar-refractivity contribution in [2.24, 2.45) is 5.92 Å². The molecular weight excluding hydrogens is 271 g/mol. The molecule has 18 heavy (non-hydrogen) atoms. The summed E-state index contributed by atoms with van der Waals surface area (Å²) >= 11 is 12.0. The zero-order valence-corrected chi connectivity index (χ0v) is 11.9. The number of hydrogen-bond acceptors (Lipinski definition) is 2. The summed E-state index contributed by atoms with van der Waals surface area (Å²) in [7, 11) is 1.82. The predicted molar refractivity (Wildman–Crippen MR) is 74.0 cm³/mol. The van der Waals surface area contributed by atoms with E-state index in [1.807, 2.05) is 20.0 Å². The Morgan fingerprint density at radius 2 is 2.11 bits per heavy atom. The van der Waals surface area contributed by atoms with Crippen LogP contribution in [0.5, 0.6) is 0 Å². The molecule has 0 radical (unpaired) electrons. The molecule has 1 amide bonds. The summed E-state index contributed by atoms with van der Waals surface area (Å²) in [4.78, 5) is 13.9. The van der Waals surface area contributed by atoms with Crippen molar-refractivity contribution < 1.29 is 4.79 Å². The highest BCUT2D eigenvalue weighted by molar-refractivity contribution is 6.35. The van der Waals surface area contributed by atoms with Gasteiger partial charge in [0.05, 0.1) is 12.0 Å². The summed E-state index contributed by atoms with van der Waals surface area (Å²) in [5.41, 5.74) is 0.921. The van der Waals surface area contributed by atoms with Crippen molar-refractivity contribution in [3.05, 3.63) is 33.8 Å². The van der Waals surface area contributed by atoms with Gasteiger partial charge in [-0.25, -0.2) is 0 Å². The van der Waals surface area contributed by atoms with Crippen LogP contribution in [0.25, 0.3) is 0 Å². The predicted octanol–water partition coefficient (Wildman–Crippen LogP) is 2.73. The Balaban J connectivity index is 2.14. The monoisotopic (exact) mass is 286 g/mol. The highest BCUT2D eigenvalue weighted by Gasteiger charge is 2.30. The molecule has 1 N–H and O–H groups in total. The van der Waals surface area contributed by atoms with Crippen LogP contribution in [0.2, 0.25) is 10.0 Å². The highest BCUT2D eigenvalue weighted by atomic mass is 35.5. The smallest absolute Gasteiger partial charge is 0.228 e. The zero-order valence-electron chi connectivity index (χ0n) is 10.4. The van der Waals surface area contributed by atoms with E-state index < -0.39 is 0 Å². The maximum Gasteiger partial charge on any atom is 0.228 e. The minimum Gasteiger partial charge on any atom is -0.339 e. The molecule has 0 aromatic heterocycles. The lowest BCUT2D eigenvalue weighted by Crippen LogP contribution is -2.51. The van der Waals surface area contributed by atoms with Crippen molar-refractivity contribution >= 4 is 29.1 Å². The Kier molecular flexibility index (Phi) is 4.15. The van der Waals surface area contributed by atoms with Gasteiger partial charge in [-0.2, -0.15) is 0 Å². The molecule has 0 aliphatic carbocycles. The zero-order chi connectivity index (χ0) is 13.3. The van der Waals surface area contributed by atoms with Crippen molar-refractivity contribution in [2.75, 3.05) is 20.1 Å². The van der Waals surface area contributed by atoms with Crippen LogP contribution in [0.4, 0.5) is 0 Å². The summed E-state index contributed by atoms with van der Waals surface area (Å²) in [5.74, 6) is 0.260. The van der Waals surface area contributed by atoms with Crippen molar-refractivity contribution in [2.45, 2.75) is 13.0 Å². The van der Waals surface area contributed by atoms with Crippen LogP contribution in [0.1, 0.15) is 18.5 Å². The van der Waals surface area contributed by atoms with Crippen LogP contribution >= 0.6 is 23.2 Å². The summed E-state index contributed by atoms with van der Waals surface area (Å²) in [6, 6.07) is 5.32. The van der Waals surface area contributed by atoms with E-state index in [2.05, 4.69) is 5.32 Å². The van der Waals surface area contributed by atoms with Gasteiger partial charge < -0.3 is 10.2 Å². The molecule has 1 fully saturated rings. The molecule has 2 rings (SSSR count). The van der Waals surface area contributed by atoms with Gasteiger partial charge in [-0.3, -0.25) is 4.79 Å². The number of halogens is 2. The number of hydrogen-bond donors (Lipinski definition) is 1. The van der Waals surface area contributed by atoms with Gasteiger partial charge in [-0.15, -0.1) is 0 Å². The molecule has 1 aliphatic rings. The van der Waals surface area contributed by atoms with Gasteiger partial charge in [0, 0.05) is 30.2 Å². The number of carbonyl (C=O) groups excluding carboxylic acids is 1. The molecule has 3 nitrogen and oxygen atoms in total. The van der Waals surface area contributed by atoms with Crippen LogP contribution in [0.3, 0.4) is 0 Å². The molecule has 1 unspecified atom stereocenters. The van der Waals surface area contributed by atoms with Crippen molar-refractivity contribution in [3.63, 3.8) is 0 Å². The van der Waals surface area contributed by atoms with E-state index in [0.29, 0.717) is 10.0 Å². The molecule has 1 aromatic rings. The Labute approximate surface area is 117 Å². The van der Waals surface area contributed by atoms with Gasteiger partial charge in [0.1, 0.15) is 0 Å². The maximum atomic E-state index is 12.1. The number of benzene rings is 1. The number of carbonyl (C=O) groups is 1. The summed E-state index contributed by atoms with van der Waals surface area (Å²) in [6.07, 6.45) is 0. The van der Waals surface area contributed by atoms with Gasteiger partial charge in [0.25, 0.3) is 0 Å². The van der Waals surface area contributed by atoms with Crippen LogP contribution in [0.15, 0.2) is 18.2 Å². The molecule has 1 heterocycles. The molecule has 0 bridgehead atoms. The first kappa shape index (κ1) is 13.7. The Hall–Kier alpha value is -0.770. The van der Waals surface area contributed by atoms with Crippen LogP contribution in [-0.2, 0) is 4.79 Å². The summed E-state index contributed by atoms with van der Waals surface area (Å²) in [5, 5.41) is 4.31. The standard InChI is InChI=1S/C13H16Cl2N2O/c1-8(11-4-3-10(14)5-12(11)15)17(2)13(18)9-6-16-7-9/h3-5,8-9,16H,6-7H2,1-2H3. The van der Waals surface area contributed by atoms with E-state index in [9.17, 15) is 4.79 Å². The third-order valence-electron chi connectivity index (χ3n) is 3.47. The van der Waals surface area contributed by atoms with Crippen molar-refractivity contribution in [3.8, 4) is 0 Å². The average molecular weight is 287 g/mol. The summed E-state index contributed by atoms with van der Waals surface area (Å²) in [6.45, 7) is 3.51. The molecule has 98 valence electrons. The lowest BCUT2D eigenvalue weighted by Gasteiger charge is -2.34. The molecular formula is C13H16Cl2N2O. The Morgan fingerprint density at radius 1 is 1.44 bits per heavy atom. The molecule has 1 aromatic carbocycles. The van der Waals surface area contributed by atoms with E-state index in [1.54, 1.807) is 17.0 Å². The lowest BCUT2D eigenvalue weighted by atomic mass is 9.99. The Morgan fingerprint density at radius 3 is 2.61 bits per heavy atom. The second-order valence-electron chi connectivity index (χ2n) is 4.65. The van der Waals surface area contributed by atoms with Crippen molar-refractivity contribution in [1.29, 1.82) is 0 Å². The fourth-order valence-corrected chi connectivity index (χ4v) is 2.56.